The van der Waals surface area contributed by atoms with Gasteiger partial charge in [0, 0.05) is 0 Å². The summed E-state index contributed by atoms with van der Waals surface area (Å²) in [6, 6.07) is 6.17. The van der Waals surface area contributed by atoms with Crippen LogP contribution in [0.25, 0.3) is 0 Å². The molecular weight excluding hydrogens is 226 g/mol. The second-order valence-electron chi connectivity index (χ2n) is 4.96. The van der Waals surface area contributed by atoms with E-state index >= 15 is 0 Å². The predicted molar refractivity (Wildman–Crippen MR) is 75.5 cm³/mol. The van der Waals surface area contributed by atoms with E-state index in [9.17, 15) is 0 Å². The first kappa shape index (κ1) is 14.8. The predicted octanol–water partition coefficient (Wildman–Crippen LogP) is 2.74. The molecular formula is C15H25NO2. The van der Waals surface area contributed by atoms with Crippen molar-refractivity contribution in [2.75, 3.05) is 27.8 Å². The zero-order valence-corrected chi connectivity index (χ0v) is 12.1. The van der Waals surface area contributed by atoms with Gasteiger partial charge in [-0.25, -0.2) is 0 Å². The van der Waals surface area contributed by atoms with E-state index < -0.39 is 0 Å². The molecule has 1 rings (SSSR count). The van der Waals surface area contributed by atoms with Crippen molar-refractivity contribution in [1.82, 2.24) is 5.32 Å². The van der Waals surface area contributed by atoms with Crippen LogP contribution in [0, 0.1) is 11.8 Å². The average Bonchev–Trinajstić information content (AvgIpc) is 2.37. The van der Waals surface area contributed by atoms with Crippen molar-refractivity contribution in [3.8, 4) is 11.5 Å². The van der Waals surface area contributed by atoms with Gasteiger partial charge in [0.05, 0.1) is 14.2 Å². The molecule has 1 aromatic rings. The fourth-order valence-electron chi connectivity index (χ4n) is 2.12. The maximum absolute atomic E-state index is 5.34. The Kier molecular flexibility index (Phi) is 5.99. The maximum atomic E-state index is 5.34. The van der Waals surface area contributed by atoms with E-state index in [-0.39, 0.29) is 0 Å². The number of methoxy groups -OCH3 is 2. The van der Waals surface area contributed by atoms with Crippen LogP contribution in [0.2, 0.25) is 0 Å². The van der Waals surface area contributed by atoms with Gasteiger partial charge in [0.25, 0.3) is 0 Å². The SMILES string of the molecule is CNCC(Cc1ccc(OC)c(OC)c1)C(C)C. The first-order valence-corrected chi connectivity index (χ1v) is 6.47. The molecule has 1 aromatic carbocycles. The minimum absolute atomic E-state index is 0.633. The molecule has 1 unspecified atom stereocenters. The lowest BCUT2D eigenvalue weighted by molar-refractivity contribution is 0.351. The van der Waals surface area contributed by atoms with Gasteiger partial charge >= 0.3 is 0 Å². The topological polar surface area (TPSA) is 30.5 Å². The van der Waals surface area contributed by atoms with Crippen molar-refractivity contribution >= 4 is 0 Å². The molecule has 0 heterocycles. The minimum atomic E-state index is 0.633. The van der Waals surface area contributed by atoms with Crippen molar-refractivity contribution in [2.24, 2.45) is 11.8 Å². The Morgan fingerprint density at radius 1 is 1.11 bits per heavy atom. The molecule has 0 fully saturated rings. The summed E-state index contributed by atoms with van der Waals surface area (Å²) in [5.41, 5.74) is 1.29. The second kappa shape index (κ2) is 7.27. The van der Waals surface area contributed by atoms with Crippen LogP contribution in [0.5, 0.6) is 11.5 Å². The molecule has 1 N–H and O–H groups in total. The van der Waals surface area contributed by atoms with Crippen molar-refractivity contribution < 1.29 is 9.47 Å². The molecule has 3 nitrogen and oxygen atoms in total. The van der Waals surface area contributed by atoms with Crippen molar-refractivity contribution in [3.63, 3.8) is 0 Å². The Morgan fingerprint density at radius 2 is 1.78 bits per heavy atom. The minimum Gasteiger partial charge on any atom is -0.493 e. The van der Waals surface area contributed by atoms with Gasteiger partial charge in [-0.2, -0.15) is 0 Å². The van der Waals surface area contributed by atoms with E-state index in [0.717, 1.165) is 24.5 Å². The molecule has 0 spiro atoms. The number of rotatable bonds is 7. The Bertz CT molecular complexity index is 364. The summed E-state index contributed by atoms with van der Waals surface area (Å²) in [6.45, 7) is 5.57. The van der Waals surface area contributed by atoms with E-state index in [1.165, 1.54) is 5.56 Å². The summed E-state index contributed by atoms with van der Waals surface area (Å²) >= 11 is 0. The normalized spacial score (nSPS) is 12.6. The number of hydrogen-bond donors (Lipinski definition) is 1. The smallest absolute Gasteiger partial charge is 0.160 e. The standard InChI is InChI=1S/C15H25NO2/c1-11(2)13(10-16-3)8-12-6-7-14(17-4)15(9-12)18-5/h6-7,9,11,13,16H,8,10H2,1-5H3. The third kappa shape index (κ3) is 3.91. The molecule has 0 aliphatic rings. The van der Waals surface area contributed by atoms with Gasteiger partial charge in [-0.05, 0) is 49.5 Å². The molecule has 0 aromatic heterocycles. The summed E-state index contributed by atoms with van der Waals surface area (Å²) in [4.78, 5) is 0. The van der Waals surface area contributed by atoms with E-state index in [1.807, 2.05) is 13.1 Å². The molecule has 0 saturated heterocycles. The van der Waals surface area contributed by atoms with Gasteiger partial charge in [-0.3, -0.25) is 0 Å². The van der Waals surface area contributed by atoms with Gasteiger partial charge in [-0.1, -0.05) is 19.9 Å². The van der Waals surface area contributed by atoms with Crippen LogP contribution in [0.3, 0.4) is 0 Å². The van der Waals surface area contributed by atoms with Crippen LogP contribution in [0.15, 0.2) is 18.2 Å². The lowest BCUT2D eigenvalue weighted by Crippen LogP contribution is -2.25. The highest BCUT2D eigenvalue weighted by atomic mass is 16.5. The lowest BCUT2D eigenvalue weighted by Gasteiger charge is -2.21. The van der Waals surface area contributed by atoms with Crippen molar-refractivity contribution in [2.45, 2.75) is 20.3 Å². The van der Waals surface area contributed by atoms with Crippen LogP contribution in [0.4, 0.5) is 0 Å². The lowest BCUT2D eigenvalue weighted by atomic mass is 9.89. The molecule has 3 heteroatoms. The third-order valence-electron chi connectivity index (χ3n) is 3.35. The van der Waals surface area contributed by atoms with Crippen LogP contribution in [0.1, 0.15) is 19.4 Å². The summed E-state index contributed by atoms with van der Waals surface area (Å²) in [5.74, 6) is 2.89. The second-order valence-corrected chi connectivity index (χ2v) is 4.96. The van der Waals surface area contributed by atoms with Gasteiger partial charge in [0.1, 0.15) is 0 Å². The highest BCUT2D eigenvalue weighted by molar-refractivity contribution is 5.43. The van der Waals surface area contributed by atoms with E-state index in [0.29, 0.717) is 11.8 Å². The van der Waals surface area contributed by atoms with Gasteiger partial charge in [-0.15, -0.1) is 0 Å². The van der Waals surface area contributed by atoms with Gasteiger partial charge < -0.3 is 14.8 Å². The largest absolute Gasteiger partial charge is 0.493 e. The fourth-order valence-corrected chi connectivity index (χ4v) is 2.12. The zero-order valence-electron chi connectivity index (χ0n) is 12.1. The van der Waals surface area contributed by atoms with Crippen LogP contribution >= 0.6 is 0 Å². The Morgan fingerprint density at radius 3 is 2.28 bits per heavy atom. The average molecular weight is 251 g/mol. The number of benzene rings is 1. The highest BCUT2D eigenvalue weighted by Gasteiger charge is 2.14. The highest BCUT2D eigenvalue weighted by Crippen LogP contribution is 2.29. The molecule has 0 amide bonds. The fraction of sp³-hybridized carbons (Fsp3) is 0.600. The summed E-state index contributed by atoms with van der Waals surface area (Å²) < 4.78 is 10.6. The summed E-state index contributed by atoms with van der Waals surface area (Å²) in [6.07, 6.45) is 1.05. The first-order chi connectivity index (χ1) is 8.62. The van der Waals surface area contributed by atoms with Crippen molar-refractivity contribution in [1.29, 1.82) is 0 Å². The molecule has 1 atom stereocenters. The molecule has 18 heavy (non-hydrogen) atoms. The van der Waals surface area contributed by atoms with E-state index in [4.69, 9.17) is 9.47 Å². The van der Waals surface area contributed by atoms with Crippen LogP contribution < -0.4 is 14.8 Å². The number of nitrogens with one attached hydrogen (secondary N) is 1. The summed E-state index contributed by atoms with van der Waals surface area (Å²) in [5, 5.41) is 3.26. The first-order valence-electron chi connectivity index (χ1n) is 6.47. The van der Waals surface area contributed by atoms with E-state index in [2.05, 4.69) is 31.3 Å². The molecule has 0 aliphatic heterocycles. The molecule has 102 valence electrons. The Hall–Kier alpha value is -1.22. The Balaban J connectivity index is 2.83. The molecule has 0 radical (unpaired) electrons. The summed E-state index contributed by atoms with van der Waals surface area (Å²) in [7, 11) is 5.34. The van der Waals surface area contributed by atoms with Gasteiger partial charge in [0.15, 0.2) is 11.5 Å². The van der Waals surface area contributed by atoms with Crippen LogP contribution in [-0.2, 0) is 6.42 Å². The van der Waals surface area contributed by atoms with Gasteiger partial charge in [0.2, 0.25) is 0 Å². The van der Waals surface area contributed by atoms with Crippen LogP contribution in [-0.4, -0.2) is 27.8 Å². The monoisotopic (exact) mass is 251 g/mol. The Labute approximate surface area is 110 Å². The number of hydrogen-bond acceptors (Lipinski definition) is 3. The maximum Gasteiger partial charge on any atom is 0.160 e. The quantitative estimate of drug-likeness (QED) is 0.808. The molecule has 0 aliphatic carbocycles. The van der Waals surface area contributed by atoms with E-state index in [1.54, 1.807) is 14.2 Å². The number of ether oxygens (including phenoxy) is 2. The third-order valence-corrected chi connectivity index (χ3v) is 3.35. The molecule has 0 bridgehead atoms. The molecule has 0 saturated carbocycles. The van der Waals surface area contributed by atoms with Crippen molar-refractivity contribution in [3.05, 3.63) is 23.8 Å². The zero-order chi connectivity index (χ0) is 13.5.